The second-order valence-electron chi connectivity index (χ2n) is 3.56. The first-order valence-electron chi connectivity index (χ1n) is 4.95. The zero-order valence-corrected chi connectivity index (χ0v) is 10.5. The van der Waals surface area contributed by atoms with Gasteiger partial charge in [0.05, 0.1) is 17.4 Å². The molecule has 18 heavy (non-hydrogen) atoms. The largest absolute Gasteiger partial charge is 0.411 e. The van der Waals surface area contributed by atoms with Gasteiger partial charge in [-0.15, -0.1) is 0 Å². The highest BCUT2D eigenvalue weighted by Gasteiger charge is 2.25. The molecule has 0 radical (unpaired) electrons. The summed E-state index contributed by atoms with van der Waals surface area (Å²) in [4.78, 5) is 0. The van der Waals surface area contributed by atoms with E-state index in [4.69, 9.17) is 5.21 Å². The summed E-state index contributed by atoms with van der Waals surface area (Å²) in [6.45, 7) is 0. The van der Waals surface area contributed by atoms with E-state index in [2.05, 4.69) is 21.1 Å². The van der Waals surface area contributed by atoms with E-state index in [1.807, 2.05) is 0 Å². The molecule has 7 heteroatoms. The Bertz CT molecular complexity index is 597. The number of halogens is 4. The van der Waals surface area contributed by atoms with Gasteiger partial charge in [0.2, 0.25) is 6.30 Å². The smallest absolute Gasteiger partial charge is 0.288 e. The third-order valence-corrected chi connectivity index (χ3v) is 3.20. The molecule has 1 aromatic heterocycles. The van der Waals surface area contributed by atoms with Crippen molar-refractivity contribution in [1.29, 1.82) is 0 Å². The molecule has 0 aliphatic rings. The Morgan fingerprint density at radius 3 is 2.67 bits per heavy atom. The highest BCUT2D eigenvalue weighted by atomic mass is 79.9. The summed E-state index contributed by atoms with van der Waals surface area (Å²) in [6, 6.07) is 6.31. The SMILES string of the molecule is ON=Cc1cc2c(Br)cccc2n1C(F)C(F)F. The summed E-state index contributed by atoms with van der Waals surface area (Å²) in [7, 11) is 0. The van der Waals surface area contributed by atoms with E-state index >= 15 is 0 Å². The van der Waals surface area contributed by atoms with Crippen LogP contribution in [0.15, 0.2) is 33.9 Å². The fourth-order valence-electron chi connectivity index (χ4n) is 1.78. The van der Waals surface area contributed by atoms with E-state index < -0.39 is 12.7 Å². The number of nitrogens with zero attached hydrogens (tertiary/aromatic N) is 2. The molecule has 2 aromatic rings. The summed E-state index contributed by atoms with van der Waals surface area (Å²) < 4.78 is 40.1. The van der Waals surface area contributed by atoms with E-state index in [1.54, 1.807) is 12.1 Å². The average molecular weight is 321 g/mol. The van der Waals surface area contributed by atoms with Gasteiger partial charge < -0.3 is 9.77 Å². The number of aromatic nitrogens is 1. The highest BCUT2D eigenvalue weighted by Crippen LogP contribution is 2.31. The molecule has 0 bridgehead atoms. The first-order valence-corrected chi connectivity index (χ1v) is 5.74. The van der Waals surface area contributed by atoms with Crippen LogP contribution in [0.2, 0.25) is 0 Å². The van der Waals surface area contributed by atoms with Gasteiger partial charge in [0, 0.05) is 9.86 Å². The molecule has 3 nitrogen and oxygen atoms in total. The van der Waals surface area contributed by atoms with E-state index in [0.717, 1.165) is 10.8 Å². The molecule has 0 spiro atoms. The van der Waals surface area contributed by atoms with E-state index in [9.17, 15) is 13.2 Å². The lowest BCUT2D eigenvalue weighted by molar-refractivity contribution is 0.0104. The second kappa shape index (κ2) is 5.01. The summed E-state index contributed by atoms with van der Waals surface area (Å²) in [5, 5.41) is 11.8. The topological polar surface area (TPSA) is 37.5 Å². The van der Waals surface area contributed by atoms with Gasteiger partial charge in [0.25, 0.3) is 6.43 Å². The molecule has 1 heterocycles. The standard InChI is InChI=1S/C11H8BrF3N2O/c12-8-2-1-3-9-7(8)4-6(5-16-18)17(9)11(15)10(13)14/h1-5,10-11,18H. The lowest BCUT2D eigenvalue weighted by atomic mass is 10.2. The van der Waals surface area contributed by atoms with Crippen LogP contribution in [0.4, 0.5) is 13.2 Å². The molecule has 0 aliphatic carbocycles. The zero-order chi connectivity index (χ0) is 13.3. The minimum atomic E-state index is -3.16. The number of hydrogen-bond acceptors (Lipinski definition) is 2. The van der Waals surface area contributed by atoms with Crippen molar-refractivity contribution >= 4 is 33.0 Å². The van der Waals surface area contributed by atoms with Gasteiger partial charge in [-0.2, -0.15) is 0 Å². The highest BCUT2D eigenvalue weighted by molar-refractivity contribution is 9.10. The number of fused-ring (bicyclic) bond motifs is 1. The minimum absolute atomic E-state index is 0.0622. The molecule has 1 N–H and O–H groups in total. The van der Waals surface area contributed by atoms with Crippen molar-refractivity contribution in [1.82, 2.24) is 4.57 Å². The van der Waals surface area contributed by atoms with Crippen LogP contribution in [0.3, 0.4) is 0 Å². The molecular weight excluding hydrogens is 313 g/mol. The Morgan fingerprint density at radius 1 is 1.33 bits per heavy atom. The van der Waals surface area contributed by atoms with Crippen molar-refractivity contribution in [3.05, 3.63) is 34.4 Å². The maximum absolute atomic E-state index is 13.6. The fourth-order valence-corrected chi connectivity index (χ4v) is 2.25. The lowest BCUT2D eigenvalue weighted by Crippen LogP contribution is -2.14. The molecule has 0 fully saturated rings. The molecule has 0 aliphatic heterocycles. The number of oxime groups is 1. The first kappa shape index (κ1) is 12.9. The predicted octanol–water partition coefficient (Wildman–Crippen LogP) is 3.95. The Morgan fingerprint density at radius 2 is 2.06 bits per heavy atom. The average Bonchev–Trinajstić information content (AvgIpc) is 2.68. The van der Waals surface area contributed by atoms with Crippen molar-refractivity contribution in [2.45, 2.75) is 12.7 Å². The first-order chi connectivity index (χ1) is 8.56. The summed E-state index contributed by atoms with van der Waals surface area (Å²) >= 11 is 3.25. The fraction of sp³-hybridized carbons (Fsp3) is 0.182. The minimum Gasteiger partial charge on any atom is -0.411 e. The normalized spacial score (nSPS) is 13.8. The molecule has 0 saturated heterocycles. The molecule has 96 valence electrons. The van der Waals surface area contributed by atoms with Crippen LogP contribution in [0.5, 0.6) is 0 Å². The van der Waals surface area contributed by atoms with E-state index in [1.165, 1.54) is 12.1 Å². The van der Waals surface area contributed by atoms with E-state index in [0.29, 0.717) is 15.4 Å². The van der Waals surface area contributed by atoms with Gasteiger partial charge in [-0.1, -0.05) is 27.2 Å². The Kier molecular flexibility index (Phi) is 3.60. The van der Waals surface area contributed by atoms with Crippen LogP contribution in [0.25, 0.3) is 10.9 Å². The molecule has 0 amide bonds. The Labute approximate surface area is 109 Å². The lowest BCUT2D eigenvalue weighted by Gasteiger charge is -2.12. The van der Waals surface area contributed by atoms with Crippen LogP contribution in [-0.4, -0.2) is 22.4 Å². The third kappa shape index (κ3) is 2.10. The van der Waals surface area contributed by atoms with Gasteiger partial charge in [0.15, 0.2) is 0 Å². The molecule has 1 atom stereocenters. The third-order valence-electron chi connectivity index (χ3n) is 2.50. The van der Waals surface area contributed by atoms with Gasteiger partial charge in [-0.05, 0) is 18.2 Å². The summed E-state index contributed by atoms with van der Waals surface area (Å²) in [5.41, 5.74) is 0.360. The van der Waals surface area contributed by atoms with Crippen LogP contribution in [0.1, 0.15) is 12.0 Å². The number of alkyl halides is 3. The Hall–Kier alpha value is -1.50. The second-order valence-corrected chi connectivity index (χ2v) is 4.42. The monoisotopic (exact) mass is 320 g/mol. The van der Waals surface area contributed by atoms with Crippen molar-refractivity contribution in [3.8, 4) is 0 Å². The van der Waals surface area contributed by atoms with Crippen molar-refractivity contribution < 1.29 is 18.4 Å². The number of hydrogen-bond donors (Lipinski definition) is 1. The molecule has 1 unspecified atom stereocenters. The predicted molar refractivity (Wildman–Crippen MR) is 65.2 cm³/mol. The number of benzene rings is 1. The molecular formula is C11H8BrF3N2O. The molecule has 1 aromatic carbocycles. The van der Waals surface area contributed by atoms with Crippen LogP contribution >= 0.6 is 15.9 Å². The maximum atomic E-state index is 13.6. The Balaban J connectivity index is 2.74. The van der Waals surface area contributed by atoms with Gasteiger partial charge in [-0.25, -0.2) is 13.2 Å². The zero-order valence-electron chi connectivity index (χ0n) is 8.89. The molecule has 2 rings (SSSR count). The summed E-state index contributed by atoms with van der Waals surface area (Å²) in [6.07, 6.45) is -4.74. The van der Waals surface area contributed by atoms with Crippen LogP contribution in [-0.2, 0) is 0 Å². The maximum Gasteiger partial charge on any atom is 0.288 e. The van der Waals surface area contributed by atoms with Crippen molar-refractivity contribution in [2.24, 2.45) is 5.16 Å². The quantitative estimate of drug-likeness (QED) is 0.519. The molecule has 0 saturated carbocycles. The van der Waals surface area contributed by atoms with E-state index in [-0.39, 0.29) is 5.69 Å². The van der Waals surface area contributed by atoms with Crippen LogP contribution < -0.4 is 0 Å². The van der Waals surface area contributed by atoms with Gasteiger partial charge >= 0.3 is 0 Å². The van der Waals surface area contributed by atoms with Crippen molar-refractivity contribution in [3.63, 3.8) is 0 Å². The van der Waals surface area contributed by atoms with Gasteiger partial charge in [0.1, 0.15) is 0 Å². The van der Waals surface area contributed by atoms with Crippen molar-refractivity contribution in [2.75, 3.05) is 0 Å². The summed E-state index contributed by atoms with van der Waals surface area (Å²) in [5.74, 6) is 0. The van der Waals surface area contributed by atoms with Gasteiger partial charge in [-0.3, -0.25) is 0 Å². The number of rotatable bonds is 3. The van der Waals surface area contributed by atoms with Crippen LogP contribution in [0, 0.1) is 0 Å².